The molecular weight excluding hydrogens is 490 g/mol. The highest BCUT2D eigenvalue weighted by Gasteiger charge is 2.60. The molecule has 7 nitrogen and oxygen atoms in total. The van der Waals surface area contributed by atoms with Gasteiger partial charge < -0.3 is 4.74 Å². The van der Waals surface area contributed by atoms with Gasteiger partial charge in [0.05, 0.1) is 29.5 Å². The van der Waals surface area contributed by atoms with Gasteiger partial charge in [-0.3, -0.25) is 14.4 Å². The SMILES string of the molecule is CCCOc1ccc(N2C(=O)[C@@H]3[C@H](ON(c4ccccc4)[C@H]3c3cc4ccccc4nc3Cl)C2=O)cc1. The molecule has 2 amide bonds. The van der Waals surface area contributed by atoms with Gasteiger partial charge in [-0.2, -0.15) is 0 Å². The van der Waals surface area contributed by atoms with Crippen LogP contribution in [-0.4, -0.2) is 29.5 Å². The van der Waals surface area contributed by atoms with Gasteiger partial charge in [-0.15, -0.1) is 0 Å². The Labute approximate surface area is 219 Å². The highest BCUT2D eigenvalue weighted by atomic mass is 35.5. The molecule has 1 aromatic heterocycles. The predicted molar refractivity (Wildman–Crippen MR) is 141 cm³/mol. The molecule has 3 aromatic carbocycles. The van der Waals surface area contributed by atoms with Crippen LogP contribution in [0, 0.1) is 5.92 Å². The zero-order valence-corrected chi connectivity index (χ0v) is 20.8. The van der Waals surface area contributed by atoms with Crippen molar-refractivity contribution in [2.24, 2.45) is 5.92 Å². The van der Waals surface area contributed by atoms with Gasteiger partial charge in [0.2, 0.25) is 5.91 Å². The fourth-order valence-corrected chi connectivity index (χ4v) is 5.27. The van der Waals surface area contributed by atoms with E-state index in [0.717, 1.165) is 23.0 Å². The van der Waals surface area contributed by atoms with E-state index in [9.17, 15) is 9.59 Å². The van der Waals surface area contributed by atoms with Crippen molar-refractivity contribution in [1.82, 2.24) is 4.98 Å². The van der Waals surface area contributed by atoms with E-state index in [1.54, 1.807) is 29.3 Å². The molecule has 2 aliphatic heterocycles. The van der Waals surface area contributed by atoms with Gasteiger partial charge in [0.1, 0.15) is 16.8 Å². The second-order valence-corrected chi connectivity index (χ2v) is 9.43. The van der Waals surface area contributed by atoms with E-state index in [0.29, 0.717) is 23.6 Å². The van der Waals surface area contributed by atoms with Crippen molar-refractivity contribution in [3.63, 3.8) is 0 Å². The molecule has 4 aromatic rings. The van der Waals surface area contributed by atoms with Gasteiger partial charge in [-0.05, 0) is 55.0 Å². The van der Waals surface area contributed by atoms with Crippen molar-refractivity contribution < 1.29 is 19.2 Å². The minimum absolute atomic E-state index is 0.269. The molecular formula is C29H24ClN3O4. The van der Waals surface area contributed by atoms with Crippen LogP contribution >= 0.6 is 11.6 Å². The van der Waals surface area contributed by atoms with Crippen LogP contribution in [0.1, 0.15) is 24.9 Å². The Morgan fingerprint density at radius 1 is 0.919 bits per heavy atom. The molecule has 0 aliphatic carbocycles. The average molecular weight is 514 g/mol. The Hall–Kier alpha value is -3.94. The summed E-state index contributed by atoms with van der Waals surface area (Å²) in [4.78, 5) is 39.5. The van der Waals surface area contributed by atoms with E-state index in [-0.39, 0.29) is 11.1 Å². The van der Waals surface area contributed by atoms with E-state index >= 15 is 0 Å². The number of fused-ring (bicyclic) bond motifs is 2. The quantitative estimate of drug-likeness (QED) is 0.242. The average Bonchev–Trinajstić information content (AvgIpc) is 3.43. The van der Waals surface area contributed by atoms with E-state index in [1.807, 2.05) is 67.6 Å². The number of aromatic nitrogens is 1. The number of halogens is 1. The van der Waals surface area contributed by atoms with Crippen LogP contribution in [-0.2, 0) is 14.4 Å². The standard InChI is InChI=1S/C29H24ClN3O4/c1-2-16-36-21-14-12-19(13-15-21)32-28(34)24-25(22-17-18-8-6-7-11-23(18)31-27(22)30)33(37-26(24)29(32)35)20-9-4-3-5-10-20/h3-15,17,24-26H,2,16H2,1H3/t24-,25-,26-/m0/s1. The molecule has 0 saturated carbocycles. The van der Waals surface area contributed by atoms with E-state index in [4.69, 9.17) is 21.2 Å². The number of para-hydroxylation sites is 2. The second kappa shape index (κ2) is 9.50. The van der Waals surface area contributed by atoms with Crippen molar-refractivity contribution in [3.8, 4) is 5.75 Å². The first-order chi connectivity index (χ1) is 18.1. The smallest absolute Gasteiger partial charge is 0.266 e. The summed E-state index contributed by atoms with van der Waals surface area (Å²) in [6.07, 6.45) is -0.104. The lowest BCUT2D eigenvalue weighted by atomic mass is 9.90. The molecule has 0 radical (unpaired) electrons. The Kier molecular flexibility index (Phi) is 6.02. The zero-order valence-electron chi connectivity index (χ0n) is 20.1. The van der Waals surface area contributed by atoms with Crippen LogP contribution in [0.5, 0.6) is 5.75 Å². The largest absolute Gasteiger partial charge is 0.494 e. The summed E-state index contributed by atoms with van der Waals surface area (Å²) in [5, 5.41) is 2.78. The molecule has 0 unspecified atom stereocenters. The normalized spacial score (nSPS) is 21.1. The molecule has 0 spiro atoms. The number of carbonyl (C=O) groups excluding carboxylic acids is 2. The van der Waals surface area contributed by atoms with E-state index < -0.39 is 24.0 Å². The minimum Gasteiger partial charge on any atom is -0.494 e. The van der Waals surface area contributed by atoms with Gasteiger partial charge in [-0.25, -0.2) is 14.9 Å². The highest BCUT2D eigenvalue weighted by Crippen LogP contribution is 2.49. The lowest BCUT2D eigenvalue weighted by molar-refractivity contribution is -0.126. The summed E-state index contributed by atoms with van der Waals surface area (Å²) in [5.41, 5.74) is 2.57. The summed E-state index contributed by atoms with van der Waals surface area (Å²) in [7, 11) is 0. The van der Waals surface area contributed by atoms with Crippen molar-refractivity contribution in [2.45, 2.75) is 25.5 Å². The molecule has 186 valence electrons. The molecule has 6 rings (SSSR count). The van der Waals surface area contributed by atoms with Crippen molar-refractivity contribution in [3.05, 3.63) is 95.6 Å². The van der Waals surface area contributed by atoms with Gasteiger partial charge >= 0.3 is 0 Å². The van der Waals surface area contributed by atoms with Crippen LogP contribution in [0.15, 0.2) is 84.9 Å². The maximum atomic E-state index is 13.9. The number of nitrogens with zero attached hydrogens (tertiary/aromatic N) is 3. The van der Waals surface area contributed by atoms with Gasteiger partial charge in [0, 0.05) is 10.9 Å². The van der Waals surface area contributed by atoms with E-state index in [2.05, 4.69) is 4.98 Å². The Morgan fingerprint density at radius 3 is 2.41 bits per heavy atom. The number of imide groups is 1. The number of carbonyl (C=O) groups is 2. The number of rotatable bonds is 6. The number of hydrogen-bond acceptors (Lipinski definition) is 6. The number of anilines is 2. The molecule has 2 saturated heterocycles. The Balaban J connectivity index is 1.42. The number of hydroxylamine groups is 1. The summed E-state index contributed by atoms with van der Waals surface area (Å²) < 4.78 is 5.65. The Bertz CT molecular complexity index is 1480. The molecule has 8 heteroatoms. The topological polar surface area (TPSA) is 72.0 Å². The monoisotopic (exact) mass is 513 g/mol. The molecule has 3 heterocycles. The second-order valence-electron chi connectivity index (χ2n) is 9.07. The van der Waals surface area contributed by atoms with Crippen molar-refractivity contribution in [1.29, 1.82) is 0 Å². The number of ether oxygens (including phenoxy) is 1. The molecule has 2 fully saturated rings. The summed E-state index contributed by atoms with van der Waals surface area (Å²) >= 11 is 6.71. The van der Waals surface area contributed by atoms with Gasteiger partial charge in [0.25, 0.3) is 5.91 Å². The first kappa shape index (κ1) is 23.5. The van der Waals surface area contributed by atoms with Crippen LogP contribution in [0.2, 0.25) is 5.15 Å². The van der Waals surface area contributed by atoms with Crippen molar-refractivity contribution >= 4 is 45.7 Å². The molecule has 37 heavy (non-hydrogen) atoms. The van der Waals surface area contributed by atoms with Gasteiger partial charge in [0.15, 0.2) is 6.10 Å². The lowest BCUT2D eigenvalue weighted by Crippen LogP contribution is -2.37. The van der Waals surface area contributed by atoms with Crippen LogP contribution < -0.4 is 14.7 Å². The molecule has 2 aliphatic rings. The zero-order chi connectivity index (χ0) is 25.5. The maximum Gasteiger partial charge on any atom is 0.266 e. The van der Waals surface area contributed by atoms with Crippen LogP contribution in [0.3, 0.4) is 0 Å². The number of amides is 2. The first-order valence-corrected chi connectivity index (χ1v) is 12.6. The summed E-state index contributed by atoms with van der Waals surface area (Å²) in [5.74, 6) is -0.872. The fraction of sp³-hybridized carbons (Fsp3) is 0.207. The van der Waals surface area contributed by atoms with Crippen molar-refractivity contribution in [2.75, 3.05) is 16.6 Å². The number of pyridine rings is 1. The Morgan fingerprint density at radius 2 is 1.65 bits per heavy atom. The predicted octanol–water partition coefficient (Wildman–Crippen LogP) is 5.73. The van der Waals surface area contributed by atoms with Gasteiger partial charge in [-0.1, -0.05) is 54.9 Å². The third-order valence-electron chi connectivity index (χ3n) is 6.72. The third kappa shape index (κ3) is 4.00. The molecule has 0 N–H and O–H groups in total. The first-order valence-electron chi connectivity index (χ1n) is 12.2. The number of benzene rings is 3. The third-order valence-corrected chi connectivity index (χ3v) is 7.02. The number of hydrogen-bond donors (Lipinski definition) is 0. The summed E-state index contributed by atoms with van der Waals surface area (Å²) in [6.45, 7) is 2.62. The summed E-state index contributed by atoms with van der Waals surface area (Å²) in [6, 6.07) is 25.3. The fourth-order valence-electron chi connectivity index (χ4n) is 5.01. The van der Waals surface area contributed by atoms with Crippen LogP contribution in [0.25, 0.3) is 10.9 Å². The van der Waals surface area contributed by atoms with E-state index in [1.165, 1.54) is 4.90 Å². The molecule has 0 bridgehead atoms. The highest BCUT2D eigenvalue weighted by molar-refractivity contribution is 6.31. The van der Waals surface area contributed by atoms with Crippen LogP contribution in [0.4, 0.5) is 11.4 Å². The minimum atomic E-state index is -0.990. The lowest BCUT2D eigenvalue weighted by Gasteiger charge is -2.29. The molecule has 3 atom stereocenters. The maximum absolute atomic E-state index is 13.9.